The van der Waals surface area contributed by atoms with Crippen LogP contribution >= 0.6 is 11.6 Å². The van der Waals surface area contributed by atoms with Gasteiger partial charge in [-0.3, -0.25) is 9.59 Å². The number of hydrazone groups is 1. The molecule has 0 spiro atoms. The van der Waals surface area contributed by atoms with Gasteiger partial charge < -0.3 is 14.8 Å². The number of carbonyl (C=O) groups is 2. The average Bonchev–Trinajstić information content (AvgIpc) is 2.61. The van der Waals surface area contributed by atoms with Crippen LogP contribution in [0, 0.1) is 0 Å². The quantitative estimate of drug-likeness (QED) is 0.486. The van der Waals surface area contributed by atoms with Crippen LogP contribution in [0.1, 0.15) is 5.56 Å². The number of hydrogen-bond donors (Lipinski definition) is 2. The van der Waals surface area contributed by atoms with Crippen LogP contribution in [-0.4, -0.2) is 32.2 Å². The minimum absolute atomic E-state index is 0.411. The Bertz CT molecular complexity index is 808. The summed E-state index contributed by atoms with van der Waals surface area (Å²) >= 11 is 5.81. The molecule has 2 rings (SSSR count). The third-order valence-electron chi connectivity index (χ3n) is 3.10. The van der Waals surface area contributed by atoms with Crippen molar-refractivity contribution in [3.63, 3.8) is 0 Å². The predicted octanol–water partition coefficient (Wildman–Crippen LogP) is 2.45. The smallest absolute Gasteiger partial charge is 0.329 e. The molecule has 2 amide bonds. The van der Waals surface area contributed by atoms with Crippen molar-refractivity contribution in [2.24, 2.45) is 5.10 Å². The summed E-state index contributed by atoms with van der Waals surface area (Å²) in [5.41, 5.74) is 3.17. The normalized spacial score (nSPS) is 10.4. The molecule has 0 heterocycles. The van der Waals surface area contributed by atoms with E-state index >= 15 is 0 Å². The predicted molar refractivity (Wildman–Crippen MR) is 95.4 cm³/mol. The van der Waals surface area contributed by atoms with Crippen molar-refractivity contribution in [1.29, 1.82) is 0 Å². The molecule has 8 heteroatoms. The summed E-state index contributed by atoms with van der Waals surface area (Å²) in [4.78, 5) is 23.5. The minimum atomic E-state index is -0.913. The molecule has 2 N–H and O–H groups in total. The van der Waals surface area contributed by atoms with E-state index in [1.54, 1.807) is 43.5 Å². The molecule has 0 saturated heterocycles. The van der Waals surface area contributed by atoms with Crippen molar-refractivity contribution in [3.05, 3.63) is 53.1 Å². The van der Waals surface area contributed by atoms with E-state index in [4.69, 9.17) is 21.1 Å². The van der Waals surface area contributed by atoms with E-state index in [0.29, 0.717) is 27.8 Å². The van der Waals surface area contributed by atoms with Gasteiger partial charge in [-0.2, -0.15) is 5.10 Å². The number of ether oxygens (including phenoxy) is 2. The van der Waals surface area contributed by atoms with Crippen LogP contribution in [0.4, 0.5) is 5.69 Å². The van der Waals surface area contributed by atoms with Crippen LogP contribution in [0.25, 0.3) is 0 Å². The maximum Gasteiger partial charge on any atom is 0.329 e. The Balaban J connectivity index is 1.97. The number of amides is 2. The minimum Gasteiger partial charge on any atom is -0.497 e. The zero-order valence-electron chi connectivity index (χ0n) is 13.6. The lowest BCUT2D eigenvalue weighted by atomic mass is 10.2. The molecule has 0 atom stereocenters. The van der Waals surface area contributed by atoms with E-state index in [0.717, 1.165) is 0 Å². The number of carbonyl (C=O) groups excluding carboxylic acids is 2. The number of benzene rings is 2. The van der Waals surface area contributed by atoms with Crippen LogP contribution in [-0.2, 0) is 9.59 Å². The van der Waals surface area contributed by atoms with Crippen molar-refractivity contribution < 1.29 is 19.1 Å². The van der Waals surface area contributed by atoms with Gasteiger partial charge in [0.05, 0.1) is 20.4 Å². The molecule has 7 nitrogen and oxygen atoms in total. The third-order valence-corrected chi connectivity index (χ3v) is 3.33. The van der Waals surface area contributed by atoms with Gasteiger partial charge >= 0.3 is 11.8 Å². The van der Waals surface area contributed by atoms with Gasteiger partial charge in [0.15, 0.2) is 0 Å². The molecule has 0 saturated carbocycles. The molecule has 0 radical (unpaired) electrons. The Morgan fingerprint density at radius 1 is 1.08 bits per heavy atom. The van der Waals surface area contributed by atoms with Gasteiger partial charge in [0, 0.05) is 22.3 Å². The Morgan fingerprint density at radius 2 is 1.88 bits per heavy atom. The standard InChI is InChI=1S/C17H16ClN3O4/c1-24-14-7-6-11(15(9-14)25-2)10-19-21-17(23)16(22)20-13-5-3-4-12(18)8-13/h3-10H,1-2H3,(H,20,22)(H,21,23)/b19-10+. The molecule has 0 bridgehead atoms. The first-order valence-corrected chi connectivity index (χ1v) is 7.53. The van der Waals surface area contributed by atoms with E-state index in [2.05, 4.69) is 15.8 Å². The topological polar surface area (TPSA) is 89.0 Å². The summed E-state index contributed by atoms with van der Waals surface area (Å²) in [6.45, 7) is 0. The molecule has 25 heavy (non-hydrogen) atoms. The zero-order chi connectivity index (χ0) is 18.2. The number of hydrogen-bond acceptors (Lipinski definition) is 5. The Hall–Kier alpha value is -3.06. The lowest BCUT2D eigenvalue weighted by Gasteiger charge is -2.07. The van der Waals surface area contributed by atoms with Gasteiger partial charge in [0.1, 0.15) is 11.5 Å². The summed E-state index contributed by atoms with van der Waals surface area (Å²) in [5, 5.41) is 6.62. The second-order valence-corrected chi connectivity index (χ2v) is 5.21. The highest BCUT2D eigenvalue weighted by Gasteiger charge is 2.13. The maximum absolute atomic E-state index is 11.8. The lowest BCUT2D eigenvalue weighted by molar-refractivity contribution is -0.136. The van der Waals surface area contributed by atoms with Gasteiger partial charge in [-0.05, 0) is 30.3 Å². The van der Waals surface area contributed by atoms with E-state index in [-0.39, 0.29) is 0 Å². The van der Waals surface area contributed by atoms with Gasteiger partial charge in [-0.15, -0.1) is 0 Å². The fourth-order valence-corrected chi connectivity index (χ4v) is 2.08. The first kappa shape index (κ1) is 18.3. The number of nitrogens with zero attached hydrogens (tertiary/aromatic N) is 1. The van der Waals surface area contributed by atoms with Gasteiger partial charge in [0.2, 0.25) is 0 Å². The third kappa shape index (κ3) is 5.22. The van der Waals surface area contributed by atoms with Crippen LogP contribution in [0.5, 0.6) is 11.5 Å². The summed E-state index contributed by atoms with van der Waals surface area (Å²) in [6.07, 6.45) is 1.36. The molecule has 0 aliphatic carbocycles. The molecule has 0 aliphatic rings. The number of methoxy groups -OCH3 is 2. The van der Waals surface area contributed by atoms with E-state index in [1.807, 2.05) is 0 Å². The van der Waals surface area contributed by atoms with Gasteiger partial charge in [-0.25, -0.2) is 5.43 Å². The van der Waals surface area contributed by atoms with Crippen LogP contribution < -0.4 is 20.2 Å². The van der Waals surface area contributed by atoms with Crippen LogP contribution in [0.2, 0.25) is 5.02 Å². The Kier molecular flexibility index (Phi) is 6.36. The lowest BCUT2D eigenvalue weighted by Crippen LogP contribution is -2.32. The van der Waals surface area contributed by atoms with Gasteiger partial charge in [-0.1, -0.05) is 17.7 Å². The summed E-state index contributed by atoms with van der Waals surface area (Å²) in [5.74, 6) is -0.635. The van der Waals surface area contributed by atoms with Crippen LogP contribution in [0.3, 0.4) is 0 Å². The van der Waals surface area contributed by atoms with Gasteiger partial charge in [0.25, 0.3) is 0 Å². The molecule has 0 fully saturated rings. The maximum atomic E-state index is 11.8. The van der Waals surface area contributed by atoms with E-state index in [1.165, 1.54) is 19.4 Å². The van der Waals surface area contributed by atoms with Crippen molar-refractivity contribution in [2.75, 3.05) is 19.5 Å². The largest absolute Gasteiger partial charge is 0.497 e. The molecule has 0 aliphatic heterocycles. The highest BCUT2D eigenvalue weighted by atomic mass is 35.5. The first-order valence-electron chi connectivity index (χ1n) is 7.15. The molecule has 0 aromatic heterocycles. The summed E-state index contributed by atoms with van der Waals surface area (Å²) < 4.78 is 10.3. The molecule has 2 aromatic carbocycles. The first-order chi connectivity index (χ1) is 12.0. The second kappa shape index (κ2) is 8.70. The van der Waals surface area contributed by atoms with Crippen molar-refractivity contribution in [1.82, 2.24) is 5.43 Å². The summed E-state index contributed by atoms with van der Waals surface area (Å²) in [6, 6.07) is 11.6. The number of anilines is 1. The van der Waals surface area contributed by atoms with E-state index in [9.17, 15) is 9.59 Å². The average molecular weight is 362 g/mol. The molecule has 130 valence electrons. The Morgan fingerprint density at radius 3 is 2.56 bits per heavy atom. The molecule has 0 unspecified atom stereocenters. The monoisotopic (exact) mass is 361 g/mol. The molecule has 2 aromatic rings. The zero-order valence-corrected chi connectivity index (χ0v) is 14.3. The Labute approximate surface area is 149 Å². The second-order valence-electron chi connectivity index (χ2n) is 4.77. The fraction of sp³-hybridized carbons (Fsp3) is 0.118. The highest BCUT2D eigenvalue weighted by Crippen LogP contribution is 2.23. The molecular weight excluding hydrogens is 346 g/mol. The van der Waals surface area contributed by atoms with E-state index < -0.39 is 11.8 Å². The molecular formula is C17H16ClN3O4. The number of halogens is 1. The highest BCUT2D eigenvalue weighted by molar-refractivity contribution is 6.39. The fourth-order valence-electron chi connectivity index (χ4n) is 1.89. The number of rotatable bonds is 5. The van der Waals surface area contributed by atoms with Crippen LogP contribution in [0.15, 0.2) is 47.6 Å². The SMILES string of the molecule is COc1ccc(/C=N/NC(=O)C(=O)Nc2cccc(Cl)c2)c(OC)c1. The summed E-state index contributed by atoms with van der Waals surface area (Å²) in [7, 11) is 3.05. The number of nitrogens with one attached hydrogen (secondary N) is 2. The van der Waals surface area contributed by atoms with Crippen molar-refractivity contribution in [2.45, 2.75) is 0 Å². The van der Waals surface area contributed by atoms with Crippen molar-refractivity contribution >= 4 is 35.3 Å². The van der Waals surface area contributed by atoms with Crippen molar-refractivity contribution in [3.8, 4) is 11.5 Å².